The average Bonchev–Trinajstić information content (AvgIpc) is 2.84. The van der Waals surface area contributed by atoms with E-state index in [1.54, 1.807) is 0 Å². The maximum absolute atomic E-state index is 11.5. The summed E-state index contributed by atoms with van der Waals surface area (Å²) in [5.74, 6) is 0.408. The summed E-state index contributed by atoms with van der Waals surface area (Å²) in [5, 5.41) is 11.8. The van der Waals surface area contributed by atoms with Crippen LogP contribution >= 0.6 is 11.3 Å². The van der Waals surface area contributed by atoms with Gasteiger partial charge in [-0.25, -0.2) is 0 Å². The van der Waals surface area contributed by atoms with Crippen molar-refractivity contribution in [2.24, 2.45) is 5.92 Å². The molecule has 2 atom stereocenters. The average molecular weight is 296 g/mol. The fourth-order valence-electron chi connectivity index (χ4n) is 2.95. The van der Waals surface area contributed by atoms with Gasteiger partial charge in [0.2, 0.25) is 0 Å². The van der Waals surface area contributed by atoms with E-state index >= 15 is 0 Å². The van der Waals surface area contributed by atoms with Gasteiger partial charge in [0.05, 0.1) is 9.80 Å². The third-order valence-electron chi connectivity index (χ3n) is 4.12. The summed E-state index contributed by atoms with van der Waals surface area (Å²) < 4.78 is 0. The molecular weight excluding hydrogens is 276 g/mol. The molecule has 0 saturated heterocycles. The van der Waals surface area contributed by atoms with E-state index in [1.807, 2.05) is 11.9 Å². The van der Waals surface area contributed by atoms with E-state index in [9.17, 15) is 14.9 Å². The zero-order valence-electron chi connectivity index (χ0n) is 12.1. The highest BCUT2D eigenvalue weighted by Crippen LogP contribution is 2.41. The number of nitrogens with zero attached hydrogens (tertiary/aromatic N) is 2. The van der Waals surface area contributed by atoms with Crippen LogP contribution < -0.4 is 4.90 Å². The summed E-state index contributed by atoms with van der Waals surface area (Å²) in [6.07, 6.45) is 4.62. The van der Waals surface area contributed by atoms with Crippen LogP contribution in [0.1, 0.15) is 49.2 Å². The molecule has 1 aromatic rings. The zero-order chi connectivity index (χ0) is 14.9. The molecule has 20 heavy (non-hydrogen) atoms. The fourth-order valence-corrected chi connectivity index (χ4v) is 3.99. The van der Waals surface area contributed by atoms with Gasteiger partial charge in [-0.2, -0.15) is 0 Å². The summed E-state index contributed by atoms with van der Waals surface area (Å²) in [4.78, 5) is 24.8. The molecule has 1 aromatic heterocycles. The van der Waals surface area contributed by atoms with E-state index < -0.39 is 0 Å². The van der Waals surface area contributed by atoms with Crippen molar-refractivity contribution < 1.29 is 9.72 Å². The topological polar surface area (TPSA) is 63.4 Å². The first-order valence-electron chi connectivity index (χ1n) is 6.93. The van der Waals surface area contributed by atoms with Crippen LogP contribution in [-0.4, -0.2) is 23.8 Å². The molecule has 0 aromatic carbocycles. The number of nitro groups is 1. The molecule has 1 heterocycles. The first-order chi connectivity index (χ1) is 9.41. The molecule has 1 aliphatic carbocycles. The van der Waals surface area contributed by atoms with Gasteiger partial charge in [-0.15, -0.1) is 11.3 Å². The highest BCUT2D eigenvalue weighted by molar-refractivity contribution is 7.18. The molecule has 1 fully saturated rings. The van der Waals surface area contributed by atoms with E-state index in [1.165, 1.54) is 30.7 Å². The van der Waals surface area contributed by atoms with Crippen LogP contribution in [-0.2, 0) is 0 Å². The lowest BCUT2D eigenvalue weighted by atomic mass is 9.85. The van der Waals surface area contributed by atoms with Crippen LogP contribution in [0.4, 0.5) is 10.7 Å². The Balaban J connectivity index is 2.34. The maximum atomic E-state index is 11.5. The van der Waals surface area contributed by atoms with Gasteiger partial charge in [-0.05, 0) is 25.7 Å². The van der Waals surface area contributed by atoms with Crippen molar-refractivity contribution in [2.75, 3.05) is 11.9 Å². The van der Waals surface area contributed by atoms with E-state index in [0.717, 1.165) is 19.3 Å². The van der Waals surface area contributed by atoms with Gasteiger partial charge in [0.1, 0.15) is 0 Å². The second kappa shape index (κ2) is 5.91. The van der Waals surface area contributed by atoms with Crippen LogP contribution in [0, 0.1) is 16.0 Å². The SMILES string of the molecule is CC(=O)c1cc([N+](=O)[O-])c(N(C)C2CCCCC2C)s1. The Hall–Kier alpha value is -1.43. The molecule has 1 saturated carbocycles. The lowest BCUT2D eigenvalue weighted by Gasteiger charge is -2.36. The lowest BCUT2D eigenvalue weighted by molar-refractivity contribution is -0.383. The summed E-state index contributed by atoms with van der Waals surface area (Å²) in [6, 6.07) is 1.73. The summed E-state index contributed by atoms with van der Waals surface area (Å²) in [7, 11) is 1.91. The van der Waals surface area contributed by atoms with E-state index in [-0.39, 0.29) is 16.4 Å². The van der Waals surface area contributed by atoms with Crippen LogP contribution in [0.25, 0.3) is 0 Å². The van der Waals surface area contributed by atoms with Crippen molar-refractivity contribution in [2.45, 2.75) is 45.6 Å². The van der Waals surface area contributed by atoms with Gasteiger partial charge < -0.3 is 4.90 Å². The number of anilines is 1. The number of ketones is 1. The van der Waals surface area contributed by atoms with Gasteiger partial charge in [0, 0.05) is 19.2 Å². The van der Waals surface area contributed by atoms with Crippen molar-refractivity contribution in [1.82, 2.24) is 0 Å². The summed E-state index contributed by atoms with van der Waals surface area (Å²) >= 11 is 1.23. The molecule has 6 heteroatoms. The van der Waals surface area contributed by atoms with Crippen LogP contribution in [0.15, 0.2) is 6.07 Å². The second-order valence-electron chi connectivity index (χ2n) is 5.55. The van der Waals surface area contributed by atoms with E-state index in [4.69, 9.17) is 0 Å². The first kappa shape index (κ1) is 15.0. The second-order valence-corrected chi connectivity index (χ2v) is 6.58. The quantitative estimate of drug-likeness (QED) is 0.480. The fraction of sp³-hybridized carbons (Fsp3) is 0.643. The Morgan fingerprint density at radius 1 is 1.45 bits per heavy atom. The van der Waals surface area contributed by atoms with Gasteiger partial charge in [0.25, 0.3) is 0 Å². The minimum absolute atomic E-state index is 0.0560. The zero-order valence-corrected chi connectivity index (χ0v) is 12.9. The number of carbonyl (C=O) groups is 1. The maximum Gasteiger partial charge on any atom is 0.304 e. The minimum Gasteiger partial charge on any atom is -0.358 e. The standard InChI is InChI=1S/C14H20N2O3S/c1-9-6-4-5-7-11(9)15(3)14-12(16(18)19)8-13(20-14)10(2)17/h8-9,11H,4-7H2,1-3H3. The number of hydrogen-bond acceptors (Lipinski definition) is 5. The molecule has 0 bridgehead atoms. The van der Waals surface area contributed by atoms with Crippen molar-refractivity contribution in [3.8, 4) is 0 Å². The molecule has 0 spiro atoms. The van der Waals surface area contributed by atoms with Gasteiger partial charge in [-0.1, -0.05) is 19.8 Å². The number of carbonyl (C=O) groups excluding carboxylic acids is 1. The highest BCUT2D eigenvalue weighted by Gasteiger charge is 2.31. The molecule has 2 rings (SSSR count). The molecule has 0 aliphatic heterocycles. The van der Waals surface area contributed by atoms with Gasteiger partial charge in [0.15, 0.2) is 10.8 Å². The van der Waals surface area contributed by atoms with Gasteiger partial charge in [-0.3, -0.25) is 14.9 Å². The van der Waals surface area contributed by atoms with Crippen molar-refractivity contribution in [3.05, 3.63) is 21.1 Å². The van der Waals surface area contributed by atoms with Crippen LogP contribution in [0.3, 0.4) is 0 Å². The van der Waals surface area contributed by atoms with Crippen LogP contribution in [0.5, 0.6) is 0 Å². The summed E-state index contributed by atoms with van der Waals surface area (Å²) in [6.45, 7) is 3.65. The monoisotopic (exact) mass is 296 g/mol. The lowest BCUT2D eigenvalue weighted by Crippen LogP contribution is -2.38. The molecule has 0 radical (unpaired) electrons. The molecule has 5 nitrogen and oxygen atoms in total. The molecule has 0 amide bonds. The van der Waals surface area contributed by atoms with Crippen molar-refractivity contribution in [3.63, 3.8) is 0 Å². The third kappa shape index (κ3) is 2.85. The predicted molar refractivity (Wildman–Crippen MR) is 80.8 cm³/mol. The Kier molecular flexibility index (Phi) is 4.42. The highest BCUT2D eigenvalue weighted by atomic mass is 32.1. The third-order valence-corrected chi connectivity index (χ3v) is 5.44. The molecule has 0 N–H and O–H groups in total. The van der Waals surface area contributed by atoms with E-state index in [0.29, 0.717) is 21.8 Å². The molecule has 110 valence electrons. The molecular formula is C14H20N2O3S. The number of rotatable bonds is 4. The minimum atomic E-state index is -0.387. The molecule has 2 unspecified atom stereocenters. The normalized spacial score (nSPS) is 22.6. The first-order valence-corrected chi connectivity index (χ1v) is 7.75. The van der Waals surface area contributed by atoms with Crippen molar-refractivity contribution >= 4 is 27.8 Å². The number of thiophene rings is 1. The van der Waals surface area contributed by atoms with Gasteiger partial charge >= 0.3 is 5.69 Å². The predicted octanol–water partition coefficient (Wildman–Crippen LogP) is 3.87. The largest absolute Gasteiger partial charge is 0.358 e. The number of Topliss-reactive ketones (excluding diaryl/α,β-unsaturated/α-hetero) is 1. The molecule has 1 aliphatic rings. The smallest absolute Gasteiger partial charge is 0.304 e. The Morgan fingerprint density at radius 2 is 2.10 bits per heavy atom. The van der Waals surface area contributed by atoms with Crippen LogP contribution in [0.2, 0.25) is 0 Å². The Bertz CT molecular complexity index is 526. The van der Waals surface area contributed by atoms with E-state index in [2.05, 4.69) is 6.92 Å². The Labute approximate surface area is 122 Å². The Morgan fingerprint density at radius 3 is 2.65 bits per heavy atom. The van der Waals surface area contributed by atoms with Crippen molar-refractivity contribution in [1.29, 1.82) is 0 Å². The summed E-state index contributed by atoms with van der Waals surface area (Å²) in [5.41, 5.74) is 0.0560. The number of hydrogen-bond donors (Lipinski definition) is 0.